The lowest BCUT2D eigenvalue weighted by Crippen LogP contribution is -1.94. The molecule has 0 aliphatic heterocycles. The van der Waals surface area contributed by atoms with Gasteiger partial charge in [0.05, 0.1) is 44.1 Å². The lowest BCUT2D eigenvalue weighted by Gasteiger charge is -2.12. The average Bonchev–Trinajstić information content (AvgIpc) is 1.55. The van der Waals surface area contributed by atoms with Crippen molar-refractivity contribution in [2.45, 2.75) is 27.7 Å². The van der Waals surface area contributed by atoms with E-state index in [1.165, 1.54) is 188 Å². The minimum atomic E-state index is 1.16. The summed E-state index contributed by atoms with van der Waals surface area (Å²) in [4.78, 5) is 0. The number of hydrogen-bond acceptors (Lipinski definition) is 0. The van der Waals surface area contributed by atoms with Crippen molar-refractivity contribution in [1.29, 1.82) is 0 Å². The van der Waals surface area contributed by atoms with Crippen LogP contribution in [0.25, 0.3) is 177 Å². The predicted octanol–water partition coefficient (Wildman–Crippen LogP) is 27.0. The van der Waals surface area contributed by atoms with E-state index in [0.29, 0.717) is 0 Å². The summed E-state index contributed by atoms with van der Waals surface area (Å²) in [6.07, 6.45) is 0. The lowest BCUT2D eigenvalue weighted by atomic mass is 10.0. The molecule has 0 fully saturated rings. The Morgan fingerprint density at radius 2 is 0.346 bits per heavy atom. The fraction of sp³-hybridized carbons (Fsp3) is 0.0400. The summed E-state index contributed by atoms with van der Waals surface area (Å²) >= 11 is 0. The van der Waals surface area contributed by atoms with E-state index in [1.807, 2.05) is 0 Å². The molecular formula is C100H72N4. The van der Waals surface area contributed by atoms with Crippen molar-refractivity contribution in [2.75, 3.05) is 0 Å². The van der Waals surface area contributed by atoms with E-state index in [-0.39, 0.29) is 0 Å². The van der Waals surface area contributed by atoms with Gasteiger partial charge in [-0.2, -0.15) is 0 Å². The van der Waals surface area contributed by atoms with Crippen molar-refractivity contribution in [2.24, 2.45) is 0 Å². The van der Waals surface area contributed by atoms with Crippen LogP contribution in [-0.2, 0) is 0 Å². The van der Waals surface area contributed by atoms with E-state index in [2.05, 4.69) is 410 Å². The van der Waals surface area contributed by atoms with Crippen LogP contribution in [0.1, 0.15) is 22.3 Å². The first-order valence-corrected chi connectivity index (χ1v) is 36.0. The molecule has 4 heterocycles. The number of benzene rings is 16. The molecule has 0 unspecified atom stereocenters. The van der Waals surface area contributed by atoms with Crippen molar-refractivity contribution in [3.63, 3.8) is 0 Å². The highest BCUT2D eigenvalue weighted by atomic mass is 15.0. The fourth-order valence-electron chi connectivity index (χ4n) is 16.2. The quantitative estimate of drug-likeness (QED) is 0.130. The Morgan fingerprint density at radius 1 is 0.135 bits per heavy atom. The minimum Gasteiger partial charge on any atom is -0.309 e. The van der Waals surface area contributed by atoms with Gasteiger partial charge in [-0.05, 0) is 216 Å². The number of nitrogens with zero attached hydrogens (tertiary/aromatic N) is 4. The van der Waals surface area contributed by atoms with Crippen LogP contribution in [-0.4, -0.2) is 18.3 Å². The normalized spacial score (nSPS) is 11.7. The zero-order valence-corrected chi connectivity index (χ0v) is 58.4. The second-order valence-electron chi connectivity index (χ2n) is 28.0. The molecule has 0 saturated carbocycles. The zero-order valence-electron chi connectivity index (χ0n) is 58.4. The zero-order chi connectivity index (χ0) is 69.5. The summed E-state index contributed by atoms with van der Waals surface area (Å²) < 4.78 is 9.65. The molecule has 0 saturated heterocycles. The van der Waals surface area contributed by atoms with E-state index in [9.17, 15) is 0 Å². The molecule has 0 atom stereocenters. The summed E-state index contributed by atoms with van der Waals surface area (Å²) in [5, 5.41) is 10.0. The monoisotopic (exact) mass is 1330 g/mol. The van der Waals surface area contributed by atoms with Crippen LogP contribution in [0.4, 0.5) is 0 Å². The maximum atomic E-state index is 2.41. The second-order valence-corrected chi connectivity index (χ2v) is 28.0. The first kappa shape index (κ1) is 61.8. The second kappa shape index (κ2) is 25.4. The van der Waals surface area contributed by atoms with Crippen LogP contribution >= 0.6 is 0 Å². The molecule has 16 aromatic carbocycles. The fourth-order valence-corrected chi connectivity index (χ4v) is 16.2. The molecule has 20 aromatic rings. The van der Waals surface area contributed by atoms with Crippen LogP contribution < -0.4 is 0 Å². The first-order chi connectivity index (χ1) is 51.2. The van der Waals surface area contributed by atoms with Crippen LogP contribution in [0.5, 0.6) is 0 Å². The SMILES string of the molecule is Cc1ccc(-c2cccc(-n3c4ccccc4c4cc(-c5ccc6c(c5)c5ccccc5n6-c5cccc(-c6ccc(C)cc6)c5)ccc43)c2)cc1.Cc1cccc(-c2cccc(-n3c4ccccc4c4cc(-c5ccc6c(c5)c5ccccc5n6-c5cccc(-c6cccc(C)c6)c5)ccc43)c2)c1. The van der Waals surface area contributed by atoms with E-state index < -0.39 is 0 Å². The van der Waals surface area contributed by atoms with Gasteiger partial charge in [0.25, 0.3) is 0 Å². The lowest BCUT2D eigenvalue weighted by molar-refractivity contribution is 1.18. The average molecular weight is 1330 g/mol. The molecule has 20 rings (SSSR count). The van der Waals surface area contributed by atoms with E-state index in [4.69, 9.17) is 0 Å². The van der Waals surface area contributed by atoms with Gasteiger partial charge < -0.3 is 18.3 Å². The largest absolute Gasteiger partial charge is 0.309 e. The van der Waals surface area contributed by atoms with Crippen LogP contribution in [0.3, 0.4) is 0 Å². The minimum absolute atomic E-state index is 1.16. The van der Waals surface area contributed by atoms with Gasteiger partial charge >= 0.3 is 0 Å². The molecule has 0 radical (unpaired) electrons. The maximum absolute atomic E-state index is 2.41. The Hall–Kier alpha value is -13.3. The standard InChI is InChI=1S/2C50H36N2/c1-33-11-7-13-35(27-33)37-15-9-17-41(29-37)51-47-21-5-3-19-43(47)45-31-39(23-25-49(45)51)40-24-26-50-46(32-40)44-20-4-6-22-48(44)52(50)42-18-10-16-38(30-42)36-14-8-12-34(2)28-36;1-33-17-21-35(22-18-33)37-9-7-11-41(29-37)51-47-15-5-3-13-43(47)45-31-39(25-27-49(45)51)40-26-28-50-46(32-40)44-14-4-6-16-48(44)52(50)42-12-8-10-38(30-42)36-23-19-34(2)20-24-36/h2*3-32H,1-2H3. The third-order valence-corrected chi connectivity index (χ3v) is 21.2. The van der Waals surface area contributed by atoms with Crippen molar-refractivity contribution in [3.05, 3.63) is 386 Å². The molecule has 0 bridgehead atoms. The molecule has 104 heavy (non-hydrogen) atoms. The Labute approximate surface area is 605 Å². The van der Waals surface area contributed by atoms with E-state index in [1.54, 1.807) is 0 Å². The number of rotatable bonds is 10. The highest BCUT2D eigenvalue weighted by molar-refractivity contribution is 6.15. The van der Waals surface area contributed by atoms with Crippen LogP contribution in [0.15, 0.2) is 364 Å². The summed E-state index contributed by atoms with van der Waals surface area (Å²) in [5.41, 5.74) is 34.0. The van der Waals surface area contributed by atoms with Gasteiger partial charge in [0.15, 0.2) is 0 Å². The molecule has 0 aliphatic carbocycles. The van der Waals surface area contributed by atoms with Crippen molar-refractivity contribution in [1.82, 2.24) is 18.3 Å². The van der Waals surface area contributed by atoms with Gasteiger partial charge in [-0.15, -0.1) is 0 Å². The first-order valence-electron chi connectivity index (χ1n) is 36.0. The van der Waals surface area contributed by atoms with Gasteiger partial charge in [-0.1, -0.05) is 265 Å². The topological polar surface area (TPSA) is 19.7 Å². The summed E-state index contributed by atoms with van der Waals surface area (Å²) in [6.45, 7) is 8.57. The summed E-state index contributed by atoms with van der Waals surface area (Å²) in [7, 11) is 0. The number of hydrogen-bond donors (Lipinski definition) is 0. The third kappa shape index (κ3) is 10.9. The maximum Gasteiger partial charge on any atom is 0.0541 e. The molecule has 492 valence electrons. The van der Waals surface area contributed by atoms with Gasteiger partial charge in [0.2, 0.25) is 0 Å². The highest BCUT2D eigenvalue weighted by Gasteiger charge is 2.21. The molecule has 0 spiro atoms. The summed E-state index contributed by atoms with van der Waals surface area (Å²) in [5.74, 6) is 0. The Kier molecular flexibility index (Phi) is 15.1. The number of aryl methyl sites for hydroxylation is 4. The number of fused-ring (bicyclic) bond motifs is 12. The smallest absolute Gasteiger partial charge is 0.0541 e. The molecule has 0 N–H and O–H groups in total. The van der Waals surface area contributed by atoms with Crippen LogP contribution in [0.2, 0.25) is 0 Å². The Balaban J connectivity index is 0.000000143. The molecule has 0 amide bonds. The van der Waals surface area contributed by atoms with Gasteiger partial charge in [0.1, 0.15) is 0 Å². The molecule has 0 aliphatic rings. The third-order valence-electron chi connectivity index (χ3n) is 21.2. The Morgan fingerprint density at radius 3 is 0.615 bits per heavy atom. The van der Waals surface area contributed by atoms with E-state index >= 15 is 0 Å². The van der Waals surface area contributed by atoms with Crippen LogP contribution in [0, 0.1) is 27.7 Å². The molecular weight excluding hydrogens is 1260 g/mol. The molecule has 4 aromatic heterocycles. The summed E-state index contributed by atoms with van der Waals surface area (Å²) in [6, 6.07) is 134. The van der Waals surface area contributed by atoms with Crippen molar-refractivity contribution in [3.8, 4) is 89.5 Å². The highest BCUT2D eigenvalue weighted by Crippen LogP contribution is 2.43. The number of aromatic nitrogens is 4. The van der Waals surface area contributed by atoms with Gasteiger partial charge in [0, 0.05) is 65.8 Å². The van der Waals surface area contributed by atoms with Gasteiger partial charge in [-0.25, -0.2) is 0 Å². The number of para-hydroxylation sites is 4. The molecule has 4 heteroatoms. The molecule has 4 nitrogen and oxygen atoms in total. The predicted molar refractivity (Wildman–Crippen MR) is 442 cm³/mol. The van der Waals surface area contributed by atoms with E-state index in [0.717, 1.165) is 11.4 Å². The Bertz CT molecular complexity index is 6360. The van der Waals surface area contributed by atoms with Gasteiger partial charge in [-0.3, -0.25) is 0 Å². The van der Waals surface area contributed by atoms with Crippen molar-refractivity contribution < 1.29 is 0 Å². The van der Waals surface area contributed by atoms with Crippen molar-refractivity contribution >= 4 is 87.2 Å².